The van der Waals surface area contributed by atoms with Crippen molar-refractivity contribution in [1.29, 1.82) is 0 Å². The summed E-state index contributed by atoms with van der Waals surface area (Å²) >= 11 is 7.11. The maximum Gasteiger partial charge on any atom is 0.330 e. The summed E-state index contributed by atoms with van der Waals surface area (Å²) in [4.78, 5) is 29.0. The smallest absolute Gasteiger partial charge is 0.330 e. The van der Waals surface area contributed by atoms with E-state index >= 15 is 0 Å². The number of thiazole rings is 1. The van der Waals surface area contributed by atoms with Gasteiger partial charge in [-0.3, -0.25) is 4.79 Å². The van der Waals surface area contributed by atoms with Gasteiger partial charge in [0, 0.05) is 10.6 Å². The van der Waals surface area contributed by atoms with Crippen molar-refractivity contribution in [3.05, 3.63) is 75.8 Å². The van der Waals surface area contributed by atoms with Gasteiger partial charge in [-0.25, -0.2) is 9.78 Å². The first-order valence-electron chi connectivity index (χ1n) is 7.77. The highest BCUT2D eigenvalue weighted by atomic mass is 35.5. The largest absolute Gasteiger partial charge is 0.479 e. The lowest BCUT2D eigenvalue weighted by atomic mass is 10.1. The number of carboxylic acid groups (broad SMARTS) is 1. The predicted octanol–water partition coefficient (Wildman–Crippen LogP) is 4.33. The summed E-state index contributed by atoms with van der Waals surface area (Å²) in [6.07, 6.45) is 0. The van der Waals surface area contributed by atoms with E-state index in [0.29, 0.717) is 26.2 Å². The molecular formula is C19H15ClN2O3S. The number of rotatable bonds is 5. The van der Waals surface area contributed by atoms with Crippen LogP contribution in [-0.4, -0.2) is 22.0 Å². The van der Waals surface area contributed by atoms with Crippen molar-refractivity contribution in [2.75, 3.05) is 0 Å². The summed E-state index contributed by atoms with van der Waals surface area (Å²) in [6, 6.07) is 14.6. The number of amides is 1. The molecule has 0 saturated heterocycles. The van der Waals surface area contributed by atoms with Gasteiger partial charge in [-0.2, -0.15) is 0 Å². The summed E-state index contributed by atoms with van der Waals surface area (Å²) in [7, 11) is 0. The summed E-state index contributed by atoms with van der Waals surface area (Å²) in [5, 5.41) is 13.3. The molecule has 2 aromatic carbocycles. The fourth-order valence-corrected chi connectivity index (χ4v) is 3.55. The van der Waals surface area contributed by atoms with Crippen molar-refractivity contribution >= 4 is 34.8 Å². The second kappa shape index (κ2) is 7.68. The van der Waals surface area contributed by atoms with Gasteiger partial charge in [-0.1, -0.05) is 54.1 Å². The third kappa shape index (κ3) is 3.92. The second-order valence-corrected chi connectivity index (χ2v) is 7.03. The molecule has 0 aliphatic rings. The van der Waals surface area contributed by atoms with Crippen LogP contribution in [0, 0.1) is 6.92 Å². The van der Waals surface area contributed by atoms with Crippen LogP contribution in [0.1, 0.15) is 27.0 Å². The van der Waals surface area contributed by atoms with Gasteiger partial charge in [-0.05, 0) is 24.6 Å². The van der Waals surface area contributed by atoms with Crippen LogP contribution < -0.4 is 5.32 Å². The molecule has 1 atom stereocenters. The molecule has 0 aliphatic carbocycles. The molecule has 132 valence electrons. The molecule has 26 heavy (non-hydrogen) atoms. The van der Waals surface area contributed by atoms with E-state index in [0.717, 1.165) is 5.56 Å². The van der Waals surface area contributed by atoms with E-state index in [9.17, 15) is 14.7 Å². The number of carbonyl (C=O) groups is 2. The lowest BCUT2D eigenvalue weighted by Crippen LogP contribution is -2.33. The zero-order chi connectivity index (χ0) is 18.7. The van der Waals surface area contributed by atoms with Gasteiger partial charge in [0.2, 0.25) is 0 Å². The van der Waals surface area contributed by atoms with Crippen LogP contribution in [-0.2, 0) is 4.79 Å². The minimum absolute atomic E-state index is 0.386. The minimum atomic E-state index is -1.12. The first-order valence-corrected chi connectivity index (χ1v) is 8.97. The number of hydrogen-bond acceptors (Lipinski definition) is 4. The number of nitrogens with zero attached hydrogens (tertiary/aromatic N) is 1. The molecular weight excluding hydrogens is 372 g/mol. The van der Waals surface area contributed by atoms with Crippen molar-refractivity contribution in [3.63, 3.8) is 0 Å². The van der Waals surface area contributed by atoms with E-state index in [4.69, 9.17) is 11.6 Å². The fourth-order valence-electron chi connectivity index (χ4n) is 2.45. The molecule has 1 aromatic heterocycles. The maximum absolute atomic E-state index is 12.6. The van der Waals surface area contributed by atoms with Gasteiger partial charge in [0.25, 0.3) is 5.91 Å². The third-order valence-electron chi connectivity index (χ3n) is 3.75. The Kier molecular flexibility index (Phi) is 5.35. The van der Waals surface area contributed by atoms with Gasteiger partial charge in [0.1, 0.15) is 9.88 Å². The Bertz CT molecular complexity index is 939. The molecule has 7 heteroatoms. The summed E-state index contributed by atoms with van der Waals surface area (Å²) in [6.45, 7) is 1.73. The fraction of sp³-hybridized carbons (Fsp3) is 0.105. The number of aromatic nitrogens is 1. The molecule has 0 fully saturated rings. The number of carboxylic acids is 1. The number of carbonyl (C=O) groups excluding carboxylic acids is 1. The highest BCUT2D eigenvalue weighted by Crippen LogP contribution is 2.29. The molecule has 5 nitrogen and oxygen atoms in total. The average molecular weight is 387 g/mol. The van der Waals surface area contributed by atoms with Gasteiger partial charge >= 0.3 is 5.97 Å². The predicted molar refractivity (Wildman–Crippen MR) is 102 cm³/mol. The third-order valence-corrected chi connectivity index (χ3v) is 5.21. The number of aryl methyl sites for hydroxylation is 1. The van der Waals surface area contributed by atoms with E-state index in [-0.39, 0.29) is 0 Å². The highest BCUT2D eigenvalue weighted by Gasteiger charge is 2.25. The second-order valence-electron chi connectivity index (χ2n) is 5.60. The lowest BCUT2D eigenvalue weighted by molar-refractivity contribution is -0.139. The first kappa shape index (κ1) is 18.1. The van der Waals surface area contributed by atoms with Crippen LogP contribution in [0.4, 0.5) is 0 Å². The number of halogens is 1. The Morgan fingerprint density at radius 2 is 1.77 bits per heavy atom. The van der Waals surface area contributed by atoms with Crippen LogP contribution in [0.2, 0.25) is 5.02 Å². The van der Waals surface area contributed by atoms with E-state index in [1.54, 1.807) is 49.4 Å². The quantitative estimate of drug-likeness (QED) is 0.684. The van der Waals surface area contributed by atoms with Gasteiger partial charge in [0.05, 0.1) is 5.69 Å². The topological polar surface area (TPSA) is 79.3 Å². The molecule has 2 N–H and O–H groups in total. The van der Waals surface area contributed by atoms with E-state index in [1.807, 2.05) is 12.1 Å². The Morgan fingerprint density at radius 3 is 2.38 bits per heavy atom. The lowest BCUT2D eigenvalue weighted by Gasteiger charge is -2.14. The molecule has 0 saturated carbocycles. The van der Waals surface area contributed by atoms with E-state index < -0.39 is 17.9 Å². The Morgan fingerprint density at radius 1 is 1.12 bits per heavy atom. The standard InChI is InChI=1S/C19H15ClN2O3S/c1-11-16(26-18(21-11)13-7-9-14(20)10-8-13)17(23)22-15(19(24)25)12-5-3-2-4-6-12/h2-10,15H,1H3,(H,22,23)(H,24,25)/t15-/m1/s1. The number of hydrogen-bond donors (Lipinski definition) is 2. The van der Waals surface area contributed by atoms with Gasteiger partial charge in [-0.15, -0.1) is 11.3 Å². The first-order chi connectivity index (χ1) is 12.5. The molecule has 3 aromatic rings. The Balaban J connectivity index is 1.85. The molecule has 0 bridgehead atoms. The summed E-state index contributed by atoms with van der Waals surface area (Å²) in [5.41, 5.74) is 1.91. The van der Waals surface area contributed by atoms with E-state index in [1.165, 1.54) is 11.3 Å². The van der Waals surface area contributed by atoms with Crippen molar-refractivity contribution in [2.45, 2.75) is 13.0 Å². The normalized spacial score (nSPS) is 11.8. The molecule has 0 aliphatic heterocycles. The van der Waals surface area contributed by atoms with Crippen LogP contribution >= 0.6 is 22.9 Å². The molecule has 0 spiro atoms. The molecule has 0 unspecified atom stereocenters. The minimum Gasteiger partial charge on any atom is -0.479 e. The van der Waals surface area contributed by atoms with Crippen LogP contribution in [0.5, 0.6) is 0 Å². The Hall–Kier alpha value is -2.70. The number of nitrogens with one attached hydrogen (secondary N) is 1. The molecule has 1 amide bonds. The van der Waals surface area contributed by atoms with Crippen molar-refractivity contribution < 1.29 is 14.7 Å². The SMILES string of the molecule is Cc1nc(-c2ccc(Cl)cc2)sc1C(=O)N[C@@H](C(=O)O)c1ccccc1. The van der Waals surface area contributed by atoms with Crippen molar-refractivity contribution in [1.82, 2.24) is 10.3 Å². The van der Waals surface area contributed by atoms with Crippen LogP contribution in [0.3, 0.4) is 0 Å². The number of benzene rings is 2. The molecule has 1 heterocycles. The summed E-state index contributed by atoms with van der Waals surface area (Å²) < 4.78 is 0. The van der Waals surface area contributed by atoms with Gasteiger partial charge < -0.3 is 10.4 Å². The number of aliphatic carboxylic acids is 1. The maximum atomic E-state index is 12.6. The van der Waals surface area contributed by atoms with Crippen LogP contribution in [0.15, 0.2) is 54.6 Å². The van der Waals surface area contributed by atoms with Crippen molar-refractivity contribution in [2.24, 2.45) is 0 Å². The average Bonchev–Trinajstić information content (AvgIpc) is 3.02. The Labute approximate surface area is 159 Å². The van der Waals surface area contributed by atoms with Crippen LogP contribution in [0.25, 0.3) is 10.6 Å². The summed E-state index contributed by atoms with van der Waals surface area (Å²) in [5.74, 6) is -1.58. The zero-order valence-electron chi connectivity index (χ0n) is 13.8. The zero-order valence-corrected chi connectivity index (χ0v) is 15.3. The molecule has 3 rings (SSSR count). The van der Waals surface area contributed by atoms with E-state index in [2.05, 4.69) is 10.3 Å². The molecule has 0 radical (unpaired) electrons. The monoisotopic (exact) mass is 386 g/mol. The van der Waals surface area contributed by atoms with Gasteiger partial charge in [0.15, 0.2) is 6.04 Å². The highest BCUT2D eigenvalue weighted by molar-refractivity contribution is 7.17. The van der Waals surface area contributed by atoms with Crippen molar-refractivity contribution in [3.8, 4) is 10.6 Å².